The summed E-state index contributed by atoms with van der Waals surface area (Å²) in [6.07, 6.45) is 1.16. The van der Waals surface area contributed by atoms with Gasteiger partial charge in [0.1, 0.15) is 5.75 Å². The van der Waals surface area contributed by atoms with E-state index >= 15 is 0 Å². The number of benzene rings is 2. The number of hydrogen-bond donors (Lipinski definition) is 0. The van der Waals surface area contributed by atoms with Crippen LogP contribution in [0.2, 0.25) is 0 Å². The van der Waals surface area contributed by atoms with E-state index in [1.165, 1.54) is 5.56 Å². The molecule has 0 amide bonds. The Morgan fingerprint density at radius 1 is 1.05 bits per heavy atom. The molecular weight excluding hydrogens is 272 g/mol. The van der Waals surface area contributed by atoms with Gasteiger partial charge in [0.05, 0.1) is 20.3 Å². The minimum absolute atomic E-state index is 0.496. The Morgan fingerprint density at radius 3 is 2.55 bits per heavy atom. The third kappa shape index (κ3) is 4.13. The maximum atomic E-state index is 5.79. The highest BCUT2D eigenvalue weighted by molar-refractivity contribution is 5.35. The molecule has 0 saturated heterocycles. The van der Waals surface area contributed by atoms with Crippen LogP contribution in [0.4, 0.5) is 0 Å². The van der Waals surface area contributed by atoms with Crippen molar-refractivity contribution in [1.82, 2.24) is 0 Å². The average Bonchev–Trinajstić information content (AvgIpc) is 3.33. The van der Waals surface area contributed by atoms with Gasteiger partial charge in [-0.15, -0.1) is 0 Å². The molecule has 2 heteroatoms. The second-order valence-corrected chi connectivity index (χ2v) is 5.60. The minimum Gasteiger partial charge on any atom is -0.497 e. The van der Waals surface area contributed by atoms with E-state index in [1.54, 1.807) is 7.11 Å². The Labute approximate surface area is 132 Å². The molecule has 2 atom stereocenters. The maximum absolute atomic E-state index is 5.79. The molecule has 2 aromatic rings. The molecular formula is C20H20O2. The van der Waals surface area contributed by atoms with Gasteiger partial charge in [-0.25, -0.2) is 0 Å². The van der Waals surface area contributed by atoms with Crippen LogP contribution < -0.4 is 4.74 Å². The van der Waals surface area contributed by atoms with Crippen molar-refractivity contribution in [2.75, 3.05) is 13.7 Å². The van der Waals surface area contributed by atoms with Gasteiger partial charge in [-0.1, -0.05) is 42.2 Å². The summed E-state index contributed by atoms with van der Waals surface area (Å²) in [5.41, 5.74) is 2.26. The Morgan fingerprint density at radius 2 is 1.82 bits per heavy atom. The van der Waals surface area contributed by atoms with E-state index in [1.807, 2.05) is 54.6 Å². The Kier molecular flexibility index (Phi) is 4.78. The predicted octanol–water partition coefficient (Wildman–Crippen LogP) is 3.90. The smallest absolute Gasteiger partial charge is 0.118 e. The predicted molar refractivity (Wildman–Crippen MR) is 87.6 cm³/mol. The van der Waals surface area contributed by atoms with Crippen molar-refractivity contribution in [3.63, 3.8) is 0 Å². The molecule has 3 rings (SSSR count). The van der Waals surface area contributed by atoms with Crippen molar-refractivity contribution in [2.45, 2.75) is 13.0 Å². The molecule has 0 bridgehead atoms. The second kappa shape index (κ2) is 7.15. The lowest BCUT2D eigenvalue weighted by Gasteiger charge is -2.04. The van der Waals surface area contributed by atoms with Crippen molar-refractivity contribution in [1.29, 1.82) is 0 Å². The van der Waals surface area contributed by atoms with Gasteiger partial charge in [0.25, 0.3) is 0 Å². The third-order valence-electron chi connectivity index (χ3n) is 3.86. The molecule has 1 fully saturated rings. The highest BCUT2D eigenvalue weighted by Crippen LogP contribution is 2.38. The van der Waals surface area contributed by atoms with Crippen LogP contribution in [0.3, 0.4) is 0 Å². The normalized spacial score (nSPS) is 19.1. The first kappa shape index (κ1) is 14.7. The van der Waals surface area contributed by atoms with Gasteiger partial charge in [-0.2, -0.15) is 0 Å². The second-order valence-electron chi connectivity index (χ2n) is 5.60. The van der Waals surface area contributed by atoms with Crippen molar-refractivity contribution in [2.24, 2.45) is 11.8 Å². The Bertz CT molecular complexity index is 650. The van der Waals surface area contributed by atoms with Crippen molar-refractivity contribution in [3.8, 4) is 17.6 Å². The van der Waals surface area contributed by atoms with Gasteiger partial charge in [0.15, 0.2) is 0 Å². The lowest BCUT2D eigenvalue weighted by atomic mass is 10.2. The highest BCUT2D eigenvalue weighted by atomic mass is 16.5. The topological polar surface area (TPSA) is 18.5 Å². The summed E-state index contributed by atoms with van der Waals surface area (Å²) in [5, 5.41) is 0. The number of hydrogen-bond acceptors (Lipinski definition) is 2. The molecule has 22 heavy (non-hydrogen) atoms. The van der Waals surface area contributed by atoms with Gasteiger partial charge >= 0.3 is 0 Å². The molecule has 112 valence electrons. The lowest BCUT2D eigenvalue weighted by molar-refractivity contribution is 0.109. The highest BCUT2D eigenvalue weighted by Gasteiger charge is 2.35. The van der Waals surface area contributed by atoms with Gasteiger partial charge in [0.2, 0.25) is 0 Å². The fraction of sp³-hybridized carbons (Fsp3) is 0.300. The van der Waals surface area contributed by atoms with Crippen LogP contribution in [0.25, 0.3) is 0 Å². The zero-order valence-corrected chi connectivity index (χ0v) is 12.8. The van der Waals surface area contributed by atoms with E-state index in [9.17, 15) is 0 Å². The number of methoxy groups -OCH3 is 1. The fourth-order valence-corrected chi connectivity index (χ4v) is 2.36. The van der Waals surface area contributed by atoms with Crippen LogP contribution in [0, 0.1) is 23.7 Å². The Balaban J connectivity index is 1.40. The molecule has 1 aliphatic rings. The average molecular weight is 292 g/mol. The SMILES string of the molecule is COc1ccc(COC[C@@H]2C[C@@H]2C#Cc2ccccc2)cc1. The number of ether oxygens (including phenoxy) is 2. The first-order valence-electron chi connectivity index (χ1n) is 7.62. The summed E-state index contributed by atoms with van der Waals surface area (Å²) in [6.45, 7) is 1.44. The molecule has 2 aromatic carbocycles. The standard InChI is InChI=1S/C20H20O2/c1-21-20-11-8-17(9-12-20)14-22-15-19-13-18(19)10-7-16-5-3-2-4-6-16/h2-6,8-9,11-12,18-19H,13-15H2,1H3/t18-,19-/m0/s1. The van der Waals surface area contributed by atoms with Crippen molar-refractivity contribution < 1.29 is 9.47 Å². The van der Waals surface area contributed by atoms with Crippen LogP contribution in [0.15, 0.2) is 54.6 Å². The van der Waals surface area contributed by atoms with Crippen LogP contribution >= 0.6 is 0 Å². The lowest BCUT2D eigenvalue weighted by Crippen LogP contribution is -1.98. The summed E-state index contributed by atoms with van der Waals surface area (Å²) in [5.74, 6) is 8.54. The van der Waals surface area contributed by atoms with Gasteiger partial charge < -0.3 is 9.47 Å². The van der Waals surface area contributed by atoms with E-state index in [0.717, 1.165) is 24.3 Å². The number of rotatable bonds is 5. The molecule has 0 heterocycles. The summed E-state index contributed by atoms with van der Waals surface area (Å²) >= 11 is 0. The van der Waals surface area contributed by atoms with Gasteiger partial charge in [0, 0.05) is 11.5 Å². The summed E-state index contributed by atoms with van der Waals surface area (Å²) in [7, 11) is 1.68. The zero-order chi connectivity index (χ0) is 15.2. The van der Waals surface area contributed by atoms with Gasteiger partial charge in [-0.05, 0) is 42.2 Å². The molecule has 0 aromatic heterocycles. The molecule has 1 aliphatic carbocycles. The summed E-state index contributed by atoms with van der Waals surface area (Å²) in [4.78, 5) is 0. The van der Waals surface area contributed by atoms with E-state index in [-0.39, 0.29) is 0 Å². The van der Waals surface area contributed by atoms with Crippen molar-refractivity contribution in [3.05, 3.63) is 65.7 Å². The summed E-state index contributed by atoms with van der Waals surface area (Å²) in [6, 6.07) is 18.1. The van der Waals surface area contributed by atoms with E-state index in [2.05, 4.69) is 11.8 Å². The molecule has 0 aliphatic heterocycles. The third-order valence-corrected chi connectivity index (χ3v) is 3.86. The zero-order valence-electron chi connectivity index (χ0n) is 12.8. The van der Waals surface area contributed by atoms with E-state index in [4.69, 9.17) is 9.47 Å². The molecule has 0 spiro atoms. The quantitative estimate of drug-likeness (QED) is 0.778. The maximum Gasteiger partial charge on any atom is 0.118 e. The molecule has 2 nitrogen and oxygen atoms in total. The van der Waals surface area contributed by atoms with Gasteiger partial charge in [-0.3, -0.25) is 0 Å². The van der Waals surface area contributed by atoms with E-state index < -0.39 is 0 Å². The molecule has 0 radical (unpaired) electrons. The minimum atomic E-state index is 0.496. The molecule has 0 N–H and O–H groups in total. The molecule has 1 saturated carbocycles. The first-order valence-corrected chi connectivity index (χ1v) is 7.62. The van der Waals surface area contributed by atoms with Crippen LogP contribution in [-0.4, -0.2) is 13.7 Å². The molecule has 0 unspecified atom stereocenters. The first-order chi connectivity index (χ1) is 10.8. The van der Waals surface area contributed by atoms with Crippen LogP contribution in [0.1, 0.15) is 17.5 Å². The fourth-order valence-electron chi connectivity index (χ4n) is 2.36. The van der Waals surface area contributed by atoms with E-state index in [0.29, 0.717) is 18.4 Å². The van der Waals surface area contributed by atoms with Crippen LogP contribution in [0.5, 0.6) is 5.75 Å². The van der Waals surface area contributed by atoms with Crippen LogP contribution in [-0.2, 0) is 11.3 Å². The van der Waals surface area contributed by atoms with Crippen molar-refractivity contribution >= 4 is 0 Å². The Hall–Kier alpha value is -2.24. The monoisotopic (exact) mass is 292 g/mol. The largest absolute Gasteiger partial charge is 0.497 e. The summed E-state index contributed by atoms with van der Waals surface area (Å²) < 4.78 is 10.9.